The Morgan fingerprint density at radius 3 is 2.38 bits per heavy atom. The van der Waals surface area contributed by atoms with E-state index in [2.05, 4.69) is 4.74 Å². The minimum absolute atomic E-state index is 0.638. The molecular weight excluding hydrogens is 316 g/mol. The van der Waals surface area contributed by atoms with E-state index >= 15 is 0 Å². The van der Waals surface area contributed by atoms with E-state index in [0.717, 1.165) is 13.0 Å². The third kappa shape index (κ3) is 3.40. The molecule has 0 spiro atoms. The third-order valence-electron chi connectivity index (χ3n) is 3.36. The zero-order valence-electron chi connectivity index (χ0n) is 12.9. The van der Waals surface area contributed by atoms with Gasteiger partial charge in [-0.15, -0.1) is 0 Å². The van der Waals surface area contributed by atoms with Crippen molar-refractivity contribution in [3.8, 4) is 5.75 Å². The smallest absolute Gasteiger partial charge is 0.352 e. The Labute approximate surface area is 137 Å². The number of esters is 2. The van der Waals surface area contributed by atoms with Crippen LogP contribution in [0.4, 0.5) is 0 Å². The number of aliphatic hydroxyl groups is 1. The summed E-state index contributed by atoms with van der Waals surface area (Å²) in [4.78, 5) is 46.7. The van der Waals surface area contributed by atoms with Gasteiger partial charge in [-0.05, 0) is 30.7 Å². The monoisotopic (exact) mass is 330 g/mol. The maximum atomic E-state index is 12.2. The molecule has 0 radical (unpaired) electrons. The van der Waals surface area contributed by atoms with Gasteiger partial charge in [0.05, 0.1) is 7.11 Å². The van der Waals surface area contributed by atoms with Crippen molar-refractivity contribution in [2.24, 2.45) is 5.92 Å². The first kappa shape index (κ1) is 17.1. The van der Waals surface area contributed by atoms with E-state index < -0.39 is 40.8 Å². The van der Waals surface area contributed by atoms with Crippen molar-refractivity contribution in [1.29, 1.82) is 0 Å². The topological polar surface area (TPSA) is 107 Å². The molecule has 0 saturated carbocycles. The number of Topliss-reactive ketones (excluding diaryl/α,β-unsaturated/α-hetero) is 1. The quantitative estimate of drug-likeness (QED) is 0.376. The van der Waals surface area contributed by atoms with Crippen molar-refractivity contribution < 1.29 is 33.8 Å². The Balaban J connectivity index is 2.27. The summed E-state index contributed by atoms with van der Waals surface area (Å²) < 4.78 is 9.37. The number of benzene rings is 1. The van der Waals surface area contributed by atoms with Crippen LogP contribution < -0.4 is 4.74 Å². The Morgan fingerprint density at radius 1 is 1.21 bits per heavy atom. The number of hydrogen-bond donors (Lipinski definition) is 1. The van der Waals surface area contributed by atoms with Gasteiger partial charge >= 0.3 is 11.9 Å². The van der Waals surface area contributed by atoms with Gasteiger partial charge in [0, 0.05) is 0 Å². The molecule has 1 aromatic rings. The standard InChI is InChI=1S/C17H14O7/c1-9(18)13-15(20)14(17(22)24-16(13)21)12(19)8-5-10-3-6-11(23-2)7-4-10/h3-8,14,20H,1-2H3/b8-5+. The number of aliphatic hydroxyl groups excluding tert-OH is 1. The lowest BCUT2D eigenvalue weighted by Crippen LogP contribution is -2.37. The summed E-state index contributed by atoms with van der Waals surface area (Å²) in [6.07, 6.45) is 2.49. The van der Waals surface area contributed by atoms with Gasteiger partial charge in [-0.2, -0.15) is 0 Å². The highest BCUT2D eigenvalue weighted by molar-refractivity contribution is 6.24. The molecule has 0 saturated heterocycles. The molecule has 2 rings (SSSR count). The number of ketones is 2. The molecule has 1 aromatic carbocycles. The summed E-state index contributed by atoms with van der Waals surface area (Å²) >= 11 is 0. The molecule has 1 aliphatic rings. The maximum absolute atomic E-state index is 12.2. The summed E-state index contributed by atoms with van der Waals surface area (Å²) in [5.41, 5.74) is -0.0366. The van der Waals surface area contributed by atoms with Crippen LogP contribution in [0.2, 0.25) is 0 Å². The highest BCUT2D eigenvalue weighted by atomic mass is 16.6. The van der Waals surface area contributed by atoms with E-state index in [0.29, 0.717) is 11.3 Å². The van der Waals surface area contributed by atoms with Crippen molar-refractivity contribution in [2.75, 3.05) is 7.11 Å². The molecular formula is C17H14O7. The lowest BCUT2D eigenvalue weighted by molar-refractivity contribution is -0.162. The molecule has 7 heteroatoms. The number of carbonyl (C=O) groups is 4. The molecule has 1 N–H and O–H groups in total. The lowest BCUT2D eigenvalue weighted by atomic mass is 9.93. The van der Waals surface area contributed by atoms with Gasteiger partial charge < -0.3 is 14.6 Å². The molecule has 124 valence electrons. The minimum Gasteiger partial charge on any atom is -0.510 e. The van der Waals surface area contributed by atoms with Crippen LogP contribution in [0.25, 0.3) is 6.08 Å². The Kier molecular flexibility index (Phi) is 4.93. The van der Waals surface area contributed by atoms with Crippen LogP contribution in [0.1, 0.15) is 12.5 Å². The molecule has 24 heavy (non-hydrogen) atoms. The highest BCUT2D eigenvalue weighted by Gasteiger charge is 2.42. The predicted molar refractivity (Wildman–Crippen MR) is 82.0 cm³/mol. The second-order valence-electron chi connectivity index (χ2n) is 4.97. The number of allylic oxidation sites excluding steroid dienone is 1. The Morgan fingerprint density at radius 2 is 1.83 bits per heavy atom. The van der Waals surface area contributed by atoms with Gasteiger partial charge in [0.25, 0.3) is 0 Å². The van der Waals surface area contributed by atoms with Gasteiger partial charge in [0.1, 0.15) is 17.1 Å². The highest BCUT2D eigenvalue weighted by Crippen LogP contribution is 2.24. The number of hydrogen-bond acceptors (Lipinski definition) is 7. The van der Waals surface area contributed by atoms with Gasteiger partial charge in [-0.25, -0.2) is 4.79 Å². The second kappa shape index (κ2) is 6.91. The van der Waals surface area contributed by atoms with Gasteiger partial charge in [-0.3, -0.25) is 14.4 Å². The molecule has 1 aliphatic heterocycles. The second-order valence-corrected chi connectivity index (χ2v) is 4.97. The Hall–Kier alpha value is -3.22. The van der Waals surface area contributed by atoms with Crippen molar-refractivity contribution >= 4 is 29.6 Å². The molecule has 0 aromatic heterocycles. The van der Waals surface area contributed by atoms with Crippen LogP contribution in [-0.2, 0) is 23.9 Å². The molecule has 0 bridgehead atoms. The van der Waals surface area contributed by atoms with Gasteiger partial charge in [0.15, 0.2) is 17.5 Å². The van der Waals surface area contributed by atoms with Crippen LogP contribution in [0.15, 0.2) is 41.7 Å². The van der Waals surface area contributed by atoms with E-state index in [-0.39, 0.29) is 0 Å². The lowest BCUT2D eigenvalue weighted by Gasteiger charge is -2.19. The van der Waals surface area contributed by atoms with E-state index in [9.17, 15) is 24.3 Å². The molecule has 0 aliphatic carbocycles. The summed E-state index contributed by atoms with van der Waals surface area (Å²) in [5, 5.41) is 9.94. The largest absolute Gasteiger partial charge is 0.510 e. The molecule has 0 fully saturated rings. The molecule has 1 unspecified atom stereocenters. The molecule has 1 heterocycles. The molecule has 0 amide bonds. The van der Waals surface area contributed by atoms with E-state index in [1.54, 1.807) is 24.3 Å². The zero-order chi connectivity index (χ0) is 17.9. The van der Waals surface area contributed by atoms with Crippen LogP contribution in [0, 0.1) is 5.92 Å². The first-order valence-electron chi connectivity index (χ1n) is 6.91. The number of methoxy groups -OCH3 is 1. The number of ether oxygens (including phenoxy) is 2. The SMILES string of the molecule is COc1ccc(/C=C/C(=O)C2C(=O)OC(=O)C(C(C)=O)=C2O)cc1. The van der Waals surface area contributed by atoms with Crippen LogP contribution >= 0.6 is 0 Å². The fourth-order valence-corrected chi connectivity index (χ4v) is 2.13. The minimum atomic E-state index is -1.73. The summed E-state index contributed by atoms with van der Waals surface area (Å²) in [5.74, 6) is -6.04. The average molecular weight is 330 g/mol. The van der Waals surface area contributed by atoms with Crippen molar-refractivity contribution in [2.45, 2.75) is 6.92 Å². The maximum Gasteiger partial charge on any atom is 0.352 e. The van der Waals surface area contributed by atoms with E-state index in [4.69, 9.17) is 4.74 Å². The fraction of sp³-hybridized carbons (Fsp3) is 0.176. The third-order valence-corrected chi connectivity index (χ3v) is 3.36. The van der Waals surface area contributed by atoms with Crippen LogP contribution in [0.5, 0.6) is 5.75 Å². The summed E-state index contributed by atoms with van der Waals surface area (Å²) in [6.45, 7) is 1.03. The van der Waals surface area contributed by atoms with E-state index in [1.807, 2.05) is 0 Å². The van der Waals surface area contributed by atoms with Crippen molar-refractivity contribution in [3.63, 3.8) is 0 Å². The first-order chi connectivity index (χ1) is 11.3. The Bertz CT molecular complexity index is 769. The number of carbonyl (C=O) groups excluding carboxylic acids is 4. The number of rotatable bonds is 5. The van der Waals surface area contributed by atoms with E-state index in [1.165, 1.54) is 13.2 Å². The summed E-state index contributed by atoms with van der Waals surface area (Å²) in [7, 11) is 1.52. The van der Waals surface area contributed by atoms with Crippen molar-refractivity contribution in [1.82, 2.24) is 0 Å². The van der Waals surface area contributed by atoms with Crippen LogP contribution in [0.3, 0.4) is 0 Å². The van der Waals surface area contributed by atoms with Crippen molar-refractivity contribution in [3.05, 3.63) is 47.2 Å². The van der Waals surface area contributed by atoms with Gasteiger partial charge in [-0.1, -0.05) is 18.2 Å². The molecule has 1 atom stereocenters. The number of cyclic esters (lactones) is 2. The molecule has 7 nitrogen and oxygen atoms in total. The average Bonchev–Trinajstić information content (AvgIpc) is 2.52. The first-order valence-corrected chi connectivity index (χ1v) is 6.91. The van der Waals surface area contributed by atoms with Gasteiger partial charge in [0.2, 0.25) is 0 Å². The predicted octanol–water partition coefficient (Wildman–Crippen LogP) is 1.38. The van der Waals surface area contributed by atoms with Crippen LogP contribution in [-0.4, -0.2) is 35.7 Å². The normalized spacial score (nSPS) is 17.8. The summed E-state index contributed by atoms with van der Waals surface area (Å²) in [6, 6.07) is 6.73. The fourth-order valence-electron chi connectivity index (χ4n) is 2.13. The zero-order valence-corrected chi connectivity index (χ0v) is 12.9.